The third-order valence-corrected chi connectivity index (χ3v) is 19.5. The van der Waals surface area contributed by atoms with Gasteiger partial charge in [0.05, 0.1) is 25.9 Å². The van der Waals surface area contributed by atoms with Crippen molar-refractivity contribution in [2.24, 2.45) is 11.8 Å². The predicted octanol–water partition coefficient (Wildman–Crippen LogP) is 11.9. The Bertz CT molecular complexity index is 2110. The van der Waals surface area contributed by atoms with Crippen LogP contribution in [0.1, 0.15) is 103 Å². The Hall–Kier alpha value is -4.24. The molecule has 0 saturated carbocycles. The van der Waals surface area contributed by atoms with Crippen molar-refractivity contribution in [1.29, 1.82) is 0 Å². The standard InChI is InChI=1S/C55H78O9Si2/c1-39(42(4)64-66(54(5,6)7,46-21-17-15-18-22-46)47-23-19-16-20-24-47)25-26-41(3)52-49(62-55(8,9)63-52)32-27-40(2)48-35-45(60-37-43-28-30-44(58-11)31-29-43)36-50(61-38-57-10)51(48)53(56)59-33-34-65(12,13)14/h15-26,28-31,35-36,39-42,49,52H,27,32-34,37-38H2,1-14H3/b26-25-/t39-,40-,41+,42-,49-,52?/m0/s1. The van der Waals surface area contributed by atoms with Crippen LogP contribution in [-0.2, 0) is 30.0 Å². The Morgan fingerprint density at radius 1 is 0.803 bits per heavy atom. The van der Waals surface area contributed by atoms with E-state index in [1.807, 2.05) is 44.2 Å². The van der Waals surface area contributed by atoms with Gasteiger partial charge in [-0.1, -0.05) is 146 Å². The Labute approximate surface area is 398 Å². The molecule has 0 radical (unpaired) electrons. The van der Waals surface area contributed by atoms with Crippen LogP contribution in [0.2, 0.25) is 30.7 Å². The summed E-state index contributed by atoms with van der Waals surface area (Å²) in [5.41, 5.74) is 2.16. The number of carbonyl (C=O) groups excluding carboxylic acids is 1. The molecule has 0 amide bonds. The Balaban J connectivity index is 1.37. The number of hydrogen-bond donors (Lipinski definition) is 0. The first-order chi connectivity index (χ1) is 31.2. The molecule has 6 atom stereocenters. The second-order valence-corrected chi connectivity index (χ2v) is 30.6. The monoisotopic (exact) mass is 939 g/mol. The lowest BCUT2D eigenvalue weighted by atomic mass is 9.87. The number of methoxy groups -OCH3 is 2. The number of ether oxygens (including phenoxy) is 7. The van der Waals surface area contributed by atoms with Gasteiger partial charge in [0.25, 0.3) is 8.32 Å². The lowest BCUT2D eigenvalue weighted by Gasteiger charge is -2.45. The van der Waals surface area contributed by atoms with Crippen molar-refractivity contribution in [3.8, 4) is 17.2 Å². The third-order valence-electron chi connectivity index (χ3n) is 12.7. The van der Waals surface area contributed by atoms with E-state index in [1.165, 1.54) is 10.4 Å². The highest BCUT2D eigenvalue weighted by Crippen LogP contribution is 2.41. The van der Waals surface area contributed by atoms with Crippen molar-refractivity contribution < 1.29 is 42.4 Å². The first kappa shape index (κ1) is 52.7. The quantitative estimate of drug-likeness (QED) is 0.0312. The lowest BCUT2D eigenvalue weighted by molar-refractivity contribution is -0.149. The van der Waals surface area contributed by atoms with Gasteiger partial charge in [-0.05, 0) is 96.2 Å². The van der Waals surface area contributed by atoms with Gasteiger partial charge >= 0.3 is 5.97 Å². The summed E-state index contributed by atoms with van der Waals surface area (Å²) >= 11 is 0. The summed E-state index contributed by atoms with van der Waals surface area (Å²) in [5, 5.41) is 2.42. The highest BCUT2D eigenvalue weighted by molar-refractivity contribution is 6.99. The van der Waals surface area contributed by atoms with E-state index in [1.54, 1.807) is 20.3 Å². The average Bonchev–Trinajstić information content (AvgIpc) is 3.60. The van der Waals surface area contributed by atoms with Gasteiger partial charge in [0, 0.05) is 33.3 Å². The Morgan fingerprint density at radius 2 is 1.42 bits per heavy atom. The normalized spacial score (nSPS) is 18.4. The van der Waals surface area contributed by atoms with E-state index in [-0.39, 0.29) is 47.9 Å². The van der Waals surface area contributed by atoms with Crippen molar-refractivity contribution in [2.45, 2.75) is 143 Å². The van der Waals surface area contributed by atoms with Crippen LogP contribution in [0.3, 0.4) is 0 Å². The van der Waals surface area contributed by atoms with Crippen LogP contribution in [0.15, 0.2) is 109 Å². The molecule has 0 aliphatic carbocycles. The zero-order chi connectivity index (χ0) is 48.3. The number of hydrogen-bond acceptors (Lipinski definition) is 9. The van der Waals surface area contributed by atoms with E-state index < -0.39 is 28.1 Å². The van der Waals surface area contributed by atoms with Gasteiger partial charge in [-0.25, -0.2) is 4.79 Å². The Morgan fingerprint density at radius 3 is 1.98 bits per heavy atom. The highest BCUT2D eigenvalue weighted by Gasteiger charge is 2.51. The summed E-state index contributed by atoms with van der Waals surface area (Å²) in [4.78, 5) is 14.1. The molecule has 1 fully saturated rings. The molecule has 1 heterocycles. The van der Waals surface area contributed by atoms with Crippen LogP contribution in [0.4, 0.5) is 0 Å². The molecule has 360 valence electrons. The summed E-state index contributed by atoms with van der Waals surface area (Å²) in [6.45, 7) is 27.2. The predicted molar refractivity (Wildman–Crippen MR) is 272 cm³/mol. The van der Waals surface area contributed by atoms with Crippen molar-refractivity contribution in [2.75, 3.05) is 27.6 Å². The van der Waals surface area contributed by atoms with E-state index in [9.17, 15) is 4.79 Å². The molecule has 0 spiro atoms. The first-order valence-corrected chi connectivity index (χ1v) is 29.3. The molecule has 9 nitrogen and oxygen atoms in total. The molecule has 1 aliphatic heterocycles. The van der Waals surface area contributed by atoms with Gasteiger partial charge in [-0.3, -0.25) is 0 Å². The van der Waals surface area contributed by atoms with Crippen molar-refractivity contribution >= 4 is 32.7 Å². The molecule has 1 aliphatic rings. The van der Waals surface area contributed by atoms with Gasteiger partial charge in [0.1, 0.15) is 29.4 Å². The maximum absolute atomic E-state index is 14.1. The maximum Gasteiger partial charge on any atom is 0.342 e. The largest absolute Gasteiger partial charge is 0.497 e. The average molecular weight is 939 g/mol. The zero-order valence-corrected chi connectivity index (χ0v) is 44.3. The van der Waals surface area contributed by atoms with Crippen LogP contribution in [0, 0.1) is 11.8 Å². The molecule has 4 aromatic rings. The summed E-state index contributed by atoms with van der Waals surface area (Å²) in [5.74, 6) is 0.628. The molecule has 4 aromatic carbocycles. The van der Waals surface area contributed by atoms with Crippen molar-refractivity contribution in [3.63, 3.8) is 0 Å². The van der Waals surface area contributed by atoms with Gasteiger partial charge < -0.3 is 37.6 Å². The molecule has 5 rings (SSSR count). The minimum Gasteiger partial charge on any atom is -0.497 e. The number of benzene rings is 4. The fraction of sp³-hybridized carbons (Fsp3) is 0.509. The second-order valence-electron chi connectivity index (χ2n) is 20.7. The van der Waals surface area contributed by atoms with Crippen LogP contribution in [0.5, 0.6) is 17.2 Å². The topological polar surface area (TPSA) is 90.9 Å². The maximum atomic E-state index is 14.1. The molecule has 0 aromatic heterocycles. The SMILES string of the molecule is COCOc1cc(OCc2ccc(OC)cc2)cc([C@@H](C)CC[C@@H]2OC(C)(C)OC2[C@H](C)/C=C\[C@H](C)[C@H](C)O[Si](c2ccccc2)(c2ccccc2)C(C)(C)C)c1C(=O)OCC[Si](C)(C)C. The van der Waals surface area contributed by atoms with Crippen LogP contribution < -0.4 is 24.6 Å². The minimum absolute atomic E-state index is 0.0384. The van der Waals surface area contributed by atoms with E-state index in [4.69, 9.17) is 37.6 Å². The molecule has 11 heteroatoms. The number of rotatable bonds is 23. The van der Waals surface area contributed by atoms with Crippen molar-refractivity contribution in [1.82, 2.24) is 0 Å². The molecular weight excluding hydrogens is 861 g/mol. The Kier molecular flexibility index (Phi) is 18.5. The fourth-order valence-electron chi connectivity index (χ4n) is 8.74. The van der Waals surface area contributed by atoms with E-state index in [2.05, 4.69) is 141 Å². The molecule has 1 saturated heterocycles. The van der Waals surface area contributed by atoms with Gasteiger partial charge in [-0.15, -0.1) is 0 Å². The molecule has 0 bridgehead atoms. The number of esters is 1. The fourth-order valence-corrected chi connectivity index (χ4v) is 14.2. The molecule has 0 N–H and O–H groups in total. The van der Waals surface area contributed by atoms with E-state index in [0.717, 1.165) is 22.9 Å². The number of carbonyl (C=O) groups is 1. The van der Waals surface area contributed by atoms with Crippen LogP contribution in [-0.4, -0.2) is 74.1 Å². The van der Waals surface area contributed by atoms with Crippen molar-refractivity contribution in [3.05, 3.63) is 126 Å². The second kappa shape index (κ2) is 23.2. The van der Waals surface area contributed by atoms with E-state index in [0.29, 0.717) is 43.1 Å². The zero-order valence-electron chi connectivity index (χ0n) is 42.3. The molecule has 1 unspecified atom stereocenters. The smallest absolute Gasteiger partial charge is 0.342 e. The highest BCUT2D eigenvalue weighted by atomic mass is 28.4. The van der Waals surface area contributed by atoms with Crippen LogP contribution in [0.25, 0.3) is 0 Å². The van der Waals surface area contributed by atoms with Gasteiger partial charge in [0.15, 0.2) is 12.6 Å². The van der Waals surface area contributed by atoms with E-state index >= 15 is 0 Å². The molecule has 66 heavy (non-hydrogen) atoms. The molecular formula is C55H78O9Si2. The lowest BCUT2D eigenvalue weighted by Crippen LogP contribution is -2.67. The van der Waals surface area contributed by atoms with Crippen LogP contribution >= 0.6 is 0 Å². The first-order valence-electron chi connectivity index (χ1n) is 23.7. The summed E-state index contributed by atoms with van der Waals surface area (Å²) in [6.07, 6.45) is 5.55. The summed E-state index contributed by atoms with van der Waals surface area (Å²) in [6, 6.07) is 34.0. The summed E-state index contributed by atoms with van der Waals surface area (Å²) in [7, 11) is -0.988. The van der Waals surface area contributed by atoms with Gasteiger partial charge in [-0.2, -0.15) is 0 Å². The third kappa shape index (κ3) is 13.9. The van der Waals surface area contributed by atoms with Gasteiger partial charge in [0.2, 0.25) is 0 Å². The summed E-state index contributed by atoms with van der Waals surface area (Å²) < 4.78 is 49.9. The minimum atomic E-state index is -2.73.